The normalized spacial score (nSPS) is 22.0. The molecule has 4 rings (SSSR count). The summed E-state index contributed by atoms with van der Waals surface area (Å²) in [5.74, 6) is 3.61. The summed E-state index contributed by atoms with van der Waals surface area (Å²) in [4.78, 5) is 6.93. The third kappa shape index (κ3) is 3.62. The van der Waals surface area contributed by atoms with E-state index in [0.717, 1.165) is 42.1 Å². The second-order valence-electron chi connectivity index (χ2n) is 8.37. The van der Waals surface area contributed by atoms with Gasteiger partial charge < -0.3 is 9.64 Å². The Morgan fingerprint density at radius 3 is 2.60 bits per heavy atom. The number of anilines is 1. The molecule has 2 unspecified atom stereocenters. The van der Waals surface area contributed by atoms with Gasteiger partial charge in [0.1, 0.15) is 18.2 Å². The monoisotopic (exact) mass is 356 g/mol. The first-order valence-electron chi connectivity index (χ1n) is 9.03. The van der Waals surface area contributed by atoms with Gasteiger partial charge in [-0.15, -0.1) is 0 Å². The predicted molar refractivity (Wildman–Crippen MR) is 103 cm³/mol. The first-order valence-corrected chi connectivity index (χ1v) is 9.40. The van der Waals surface area contributed by atoms with Crippen molar-refractivity contribution in [2.24, 2.45) is 11.8 Å². The van der Waals surface area contributed by atoms with Crippen LogP contribution in [0, 0.1) is 11.8 Å². The molecule has 1 saturated carbocycles. The third-order valence-corrected chi connectivity index (χ3v) is 5.60. The second-order valence-corrected chi connectivity index (χ2v) is 8.77. The summed E-state index contributed by atoms with van der Waals surface area (Å²) in [6.07, 6.45) is 3.28. The molecular weight excluding hydrogens is 332 g/mol. The summed E-state index contributed by atoms with van der Waals surface area (Å²) in [5, 5.41) is 0.668. The van der Waals surface area contributed by atoms with Crippen LogP contribution in [-0.4, -0.2) is 18.1 Å². The van der Waals surface area contributed by atoms with E-state index in [0.29, 0.717) is 11.6 Å². The highest BCUT2D eigenvalue weighted by Crippen LogP contribution is 2.45. The lowest BCUT2D eigenvalue weighted by Crippen LogP contribution is -2.22. The minimum Gasteiger partial charge on any atom is -0.487 e. The van der Waals surface area contributed by atoms with E-state index in [4.69, 9.17) is 16.3 Å². The lowest BCUT2D eigenvalue weighted by Gasteiger charge is -2.20. The molecule has 4 heteroatoms. The van der Waals surface area contributed by atoms with Gasteiger partial charge in [-0.05, 0) is 59.1 Å². The van der Waals surface area contributed by atoms with E-state index in [1.807, 2.05) is 24.4 Å². The Morgan fingerprint density at radius 1 is 1.16 bits per heavy atom. The maximum Gasteiger partial charge on any atom is 0.138 e. The average molecular weight is 357 g/mol. The number of hydrogen-bond donors (Lipinski definition) is 0. The van der Waals surface area contributed by atoms with Crippen LogP contribution in [0.5, 0.6) is 5.75 Å². The standard InChI is InChI=1S/C21H25ClN2O/c1-21(2,3)17-4-5-19(18(22)10-17)25-13-14-6-7-23-20(8-14)24-11-15-9-16(15)12-24/h4-8,10,15-16H,9,11-13H2,1-3H3. The molecule has 2 fully saturated rings. The van der Waals surface area contributed by atoms with Gasteiger partial charge in [-0.25, -0.2) is 4.98 Å². The number of nitrogens with zero attached hydrogens (tertiary/aromatic N) is 2. The smallest absolute Gasteiger partial charge is 0.138 e. The number of pyridine rings is 1. The molecule has 25 heavy (non-hydrogen) atoms. The molecule has 1 aliphatic heterocycles. The van der Waals surface area contributed by atoms with Crippen molar-refractivity contribution < 1.29 is 4.74 Å². The van der Waals surface area contributed by atoms with Gasteiger partial charge in [-0.3, -0.25) is 0 Å². The van der Waals surface area contributed by atoms with Crippen LogP contribution in [0.25, 0.3) is 0 Å². The summed E-state index contributed by atoms with van der Waals surface area (Å²) >= 11 is 6.41. The van der Waals surface area contributed by atoms with E-state index in [9.17, 15) is 0 Å². The van der Waals surface area contributed by atoms with Crippen LogP contribution in [-0.2, 0) is 12.0 Å². The third-order valence-electron chi connectivity index (χ3n) is 5.30. The Labute approximate surface area is 155 Å². The minimum atomic E-state index is 0.0819. The number of rotatable bonds is 4. The molecule has 2 heterocycles. The molecule has 0 radical (unpaired) electrons. The lowest BCUT2D eigenvalue weighted by atomic mass is 9.87. The van der Waals surface area contributed by atoms with Gasteiger partial charge in [0.25, 0.3) is 0 Å². The van der Waals surface area contributed by atoms with E-state index < -0.39 is 0 Å². The molecule has 1 saturated heterocycles. The fourth-order valence-corrected chi connectivity index (χ4v) is 3.79. The highest BCUT2D eigenvalue weighted by Gasteiger charge is 2.45. The maximum atomic E-state index is 6.41. The van der Waals surface area contributed by atoms with Crippen LogP contribution < -0.4 is 9.64 Å². The van der Waals surface area contributed by atoms with Gasteiger partial charge >= 0.3 is 0 Å². The number of benzene rings is 1. The molecule has 0 N–H and O–H groups in total. The quantitative estimate of drug-likeness (QED) is 0.764. The van der Waals surface area contributed by atoms with Crippen molar-refractivity contribution in [1.29, 1.82) is 0 Å². The van der Waals surface area contributed by atoms with Crippen LogP contribution in [0.4, 0.5) is 5.82 Å². The van der Waals surface area contributed by atoms with Crippen molar-refractivity contribution in [2.45, 2.75) is 39.2 Å². The molecule has 1 aromatic carbocycles. The number of halogens is 1. The van der Waals surface area contributed by atoms with Gasteiger partial charge in [0, 0.05) is 19.3 Å². The molecule has 2 aliphatic rings. The van der Waals surface area contributed by atoms with E-state index in [2.05, 4.69) is 42.8 Å². The van der Waals surface area contributed by atoms with E-state index in [-0.39, 0.29) is 5.41 Å². The van der Waals surface area contributed by atoms with E-state index in [1.54, 1.807) is 0 Å². The summed E-state index contributed by atoms with van der Waals surface area (Å²) in [5.41, 5.74) is 2.42. The zero-order valence-electron chi connectivity index (χ0n) is 15.1. The van der Waals surface area contributed by atoms with Crippen molar-refractivity contribution in [3.05, 3.63) is 52.7 Å². The van der Waals surface area contributed by atoms with Crippen molar-refractivity contribution in [3.63, 3.8) is 0 Å². The summed E-state index contributed by atoms with van der Waals surface area (Å²) in [6, 6.07) is 10.2. The van der Waals surface area contributed by atoms with Crippen LogP contribution in [0.15, 0.2) is 36.5 Å². The summed E-state index contributed by atoms with van der Waals surface area (Å²) in [7, 11) is 0. The highest BCUT2D eigenvalue weighted by atomic mass is 35.5. The number of hydrogen-bond acceptors (Lipinski definition) is 3. The van der Waals surface area contributed by atoms with Gasteiger partial charge in [0.15, 0.2) is 0 Å². The molecule has 2 aromatic rings. The van der Waals surface area contributed by atoms with Crippen LogP contribution in [0.1, 0.15) is 38.3 Å². The largest absolute Gasteiger partial charge is 0.487 e. The van der Waals surface area contributed by atoms with Gasteiger partial charge in [-0.2, -0.15) is 0 Å². The Balaban J connectivity index is 1.43. The lowest BCUT2D eigenvalue weighted by molar-refractivity contribution is 0.306. The Hall–Kier alpha value is -1.74. The Kier molecular flexibility index (Phi) is 4.15. The number of fused-ring (bicyclic) bond motifs is 1. The van der Waals surface area contributed by atoms with Crippen LogP contribution >= 0.6 is 11.6 Å². The van der Waals surface area contributed by atoms with Gasteiger partial charge in [0.2, 0.25) is 0 Å². The fourth-order valence-electron chi connectivity index (χ4n) is 3.55. The SMILES string of the molecule is CC(C)(C)c1ccc(OCc2ccnc(N3CC4CC4C3)c2)c(Cl)c1. The van der Waals surface area contributed by atoms with Gasteiger partial charge in [-0.1, -0.05) is 38.4 Å². The first kappa shape index (κ1) is 16.7. The van der Waals surface area contributed by atoms with Gasteiger partial charge in [0.05, 0.1) is 5.02 Å². The molecule has 0 bridgehead atoms. The van der Waals surface area contributed by atoms with Crippen molar-refractivity contribution in [1.82, 2.24) is 4.98 Å². The van der Waals surface area contributed by atoms with E-state index >= 15 is 0 Å². The van der Waals surface area contributed by atoms with E-state index in [1.165, 1.54) is 12.0 Å². The maximum absolute atomic E-state index is 6.41. The van der Waals surface area contributed by atoms with Crippen LogP contribution in [0.2, 0.25) is 5.02 Å². The molecule has 2 atom stereocenters. The average Bonchev–Trinajstić information content (AvgIpc) is 3.19. The minimum absolute atomic E-state index is 0.0819. The molecule has 0 spiro atoms. The second kappa shape index (κ2) is 6.21. The molecule has 1 aromatic heterocycles. The summed E-state index contributed by atoms with van der Waals surface area (Å²) in [6.45, 7) is 9.36. The fraction of sp³-hybridized carbons (Fsp3) is 0.476. The molecule has 1 aliphatic carbocycles. The zero-order valence-corrected chi connectivity index (χ0v) is 15.9. The molecular formula is C21H25ClN2O. The van der Waals surface area contributed by atoms with Crippen molar-refractivity contribution >= 4 is 17.4 Å². The molecule has 0 amide bonds. The highest BCUT2D eigenvalue weighted by molar-refractivity contribution is 6.32. The number of ether oxygens (including phenoxy) is 1. The predicted octanol–water partition coefficient (Wildman–Crippen LogP) is 5.07. The Morgan fingerprint density at radius 2 is 1.92 bits per heavy atom. The first-order chi connectivity index (χ1) is 11.9. The number of aromatic nitrogens is 1. The topological polar surface area (TPSA) is 25.4 Å². The van der Waals surface area contributed by atoms with Crippen molar-refractivity contribution in [3.8, 4) is 5.75 Å². The zero-order chi connectivity index (χ0) is 17.6. The molecule has 132 valence electrons. The number of piperidine rings is 1. The van der Waals surface area contributed by atoms with Crippen molar-refractivity contribution in [2.75, 3.05) is 18.0 Å². The summed E-state index contributed by atoms with van der Waals surface area (Å²) < 4.78 is 5.96. The molecule has 3 nitrogen and oxygen atoms in total. The Bertz CT molecular complexity index is 774. The van der Waals surface area contributed by atoms with Crippen LogP contribution in [0.3, 0.4) is 0 Å².